The van der Waals surface area contributed by atoms with Crippen molar-refractivity contribution in [1.29, 1.82) is 0 Å². The first-order valence-corrected chi connectivity index (χ1v) is 8.10. The molecule has 2 aromatic rings. The molecule has 0 spiro atoms. The van der Waals surface area contributed by atoms with Gasteiger partial charge in [0.05, 0.1) is 31.6 Å². The number of halogens is 1. The van der Waals surface area contributed by atoms with Gasteiger partial charge in [-0.05, 0) is 38.2 Å². The summed E-state index contributed by atoms with van der Waals surface area (Å²) >= 11 is 5.92. The van der Waals surface area contributed by atoms with Crippen LogP contribution in [0, 0.1) is 6.92 Å². The smallest absolute Gasteiger partial charge is 0.226 e. The first-order valence-electron chi connectivity index (χ1n) is 7.72. The molecule has 0 bridgehead atoms. The second-order valence-electron chi connectivity index (χ2n) is 5.79. The molecule has 1 atom stereocenters. The molecule has 5 nitrogen and oxygen atoms in total. The average Bonchev–Trinajstić information content (AvgIpc) is 2.90. The van der Waals surface area contributed by atoms with E-state index >= 15 is 0 Å². The first-order chi connectivity index (χ1) is 11.1. The second-order valence-corrected chi connectivity index (χ2v) is 6.23. The van der Waals surface area contributed by atoms with Crippen LogP contribution in [-0.2, 0) is 16.0 Å². The zero-order valence-electron chi connectivity index (χ0n) is 13.4. The Hall–Kier alpha value is -1.40. The fourth-order valence-electron chi connectivity index (χ4n) is 2.60. The summed E-state index contributed by atoms with van der Waals surface area (Å²) < 4.78 is 16.9. The Kier molecular flexibility index (Phi) is 5.33. The van der Waals surface area contributed by atoms with Crippen molar-refractivity contribution in [1.82, 2.24) is 9.88 Å². The van der Waals surface area contributed by atoms with E-state index in [9.17, 15) is 0 Å². The highest BCUT2D eigenvalue weighted by Crippen LogP contribution is 2.24. The van der Waals surface area contributed by atoms with Gasteiger partial charge in [-0.15, -0.1) is 0 Å². The number of benzene rings is 1. The number of aromatic nitrogens is 1. The van der Waals surface area contributed by atoms with Crippen molar-refractivity contribution >= 4 is 11.6 Å². The molecule has 1 saturated heterocycles. The summed E-state index contributed by atoms with van der Waals surface area (Å²) in [6, 6.07) is 7.49. The molecule has 0 saturated carbocycles. The summed E-state index contributed by atoms with van der Waals surface area (Å²) in [6.45, 7) is 5.47. The van der Waals surface area contributed by atoms with Crippen LogP contribution in [0.4, 0.5) is 0 Å². The number of rotatable bonds is 5. The Balaban J connectivity index is 1.64. The predicted octanol–water partition coefficient (Wildman–Crippen LogP) is 3.15. The Morgan fingerprint density at radius 3 is 2.74 bits per heavy atom. The number of hydrogen-bond donors (Lipinski definition) is 0. The third-order valence-electron chi connectivity index (χ3n) is 3.80. The lowest BCUT2D eigenvalue weighted by atomic mass is 10.2. The molecule has 0 radical (unpaired) electrons. The minimum Gasteiger partial charge on any atom is -0.441 e. The van der Waals surface area contributed by atoms with Gasteiger partial charge in [0, 0.05) is 23.7 Å². The lowest BCUT2D eigenvalue weighted by Crippen LogP contribution is -2.38. The lowest BCUT2D eigenvalue weighted by molar-refractivity contribution is -0.0963. The Bertz CT molecular complexity index is 636. The van der Waals surface area contributed by atoms with Gasteiger partial charge in [-0.25, -0.2) is 4.98 Å². The van der Waals surface area contributed by atoms with E-state index in [0.717, 1.165) is 23.6 Å². The van der Waals surface area contributed by atoms with Crippen molar-refractivity contribution in [3.63, 3.8) is 0 Å². The number of ether oxygens (including phenoxy) is 2. The monoisotopic (exact) mass is 336 g/mol. The summed E-state index contributed by atoms with van der Waals surface area (Å²) in [7, 11) is 2.05. The van der Waals surface area contributed by atoms with Crippen LogP contribution in [0.15, 0.2) is 28.7 Å². The normalized spacial score (nSPS) is 18.5. The fourth-order valence-corrected chi connectivity index (χ4v) is 2.73. The molecule has 2 heterocycles. The van der Waals surface area contributed by atoms with Crippen LogP contribution in [0.25, 0.3) is 11.5 Å². The van der Waals surface area contributed by atoms with Crippen LogP contribution in [-0.4, -0.2) is 49.4 Å². The van der Waals surface area contributed by atoms with E-state index in [-0.39, 0.29) is 6.10 Å². The maximum atomic E-state index is 5.92. The molecule has 1 aliphatic heterocycles. The largest absolute Gasteiger partial charge is 0.441 e. The number of oxazole rings is 1. The van der Waals surface area contributed by atoms with Crippen LogP contribution < -0.4 is 0 Å². The molecular formula is C17H21ClN2O3. The van der Waals surface area contributed by atoms with E-state index in [1.54, 1.807) is 0 Å². The van der Waals surface area contributed by atoms with E-state index in [0.29, 0.717) is 37.3 Å². The molecule has 1 aliphatic rings. The molecule has 1 aromatic carbocycles. The molecule has 0 N–H and O–H groups in total. The molecule has 23 heavy (non-hydrogen) atoms. The van der Waals surface area contributed by atoms with Gasteiger partial charge in [-0.2, -0.15) is 0 Å². The van der Waals surface area contributed by atoms with Crippen molar-refractivity contribution in [3.8, 4) is 11.5 Å². The van der Waals surface area contributed by atoms with Gasteiger partial charge in [0.15, 0.2) is 0 Å². The molecule has 0 amide bonds. The summed E-state index contributed by atoms with van der Waals surface area (Å²) in [5.74, 6) is 1.46. The fraction of sp³-hybridized carbons (Fsp3) is 0.471. The van der Waals surface area contributed by atoms with Gasteiger partial charge in [-0.1, -0.05) is 11.6 Å². The van der Waals surface area contributed by atoms with Crippen LogP contribution >= 0.6 is 11.6 Å². The SMILES string of the molecule is Cc1oc(-c2ccc(Cl)cc2)nc1CN(C)CC1COCCO1. The second kappa shape index (κ2) is 7.45. The van der Waals surface area contributed by atoms with E-state index in [2.05, 4.69) is 9.88 Å². The van der Waals surface area contributed by atoms with Gasteiger partial charge in [-0.3, -0.25) is 4.90 Å². The quantitative estimate of drug-likeness (QED) is 0.839. The van der Waals surface area contributed by atoms with Crippen molar-refractivity contribution in [2.75, 3.05) is 33.4 Å². The molecule has 1 unspecified atom stereocenters. The number of hydrogen-bond acceptors (Lipinski definition) is 5. The molecular weight excluding hydrogens is 316 g/mol. The summed E-state index contributed by atoms with van der Waals surface area (Å²) in [6.07, 6.45) is 0.122. The molecule has 0 aliphatic carbocycles. The highest BCUT2D eigenvalue weighted by Gasteiger charge is 2.18. The van der Waals surface area contributed by atoms with Gasteiger partial charge in [0.25, 0.3) is 0 Å². The number of aryl methyl sites for hydroxylation is 1. The van der Waals surface area contributed by atoms with Crippen molar-refractivity contribution in [3.05, 3.63) is 40.7 Å². The summed E-state index contributed by atoms with van der Waals surface area (Å²) in [4.78, 5) is 6.80. The molecule has 124 valence electrons. The van der Waals surface area contributed by atoms with Crippen LogP contribution in [0.1, 0.15) is 11.5 Å². The average molecular weight is 337 g/mol. The van der Waals surface area contributed by atoms with E-state index in [4.69, 9.17) is 25.5 Å². The zero-order valence-corrected chi connectivity index (χ0v) is 14.2. The van der Waals surface area contributed by atoms with Crippen molar-refractivity contribution in [2.45, 2.75) is 19.6 Å². The minimum absolute atomic E-state index is 0.122. The zero-order chi connectivity index (χ0) is 16.2. The summed E-state index contributed by atoms with van der Waals surface area (Å²) in [5.41, 5.74) is 1.87. The Morgan fingerprint density at radius 1 is 1.26 bits per heavy atom. The van der Waals surface area contributed by atoms with Crippen LogP contribution in [0.5, 0.6) is 0 Å². The number of nitrogens with zero attached hydrogens (tertiary/aromatic N) is 2. The van der Waals surface area contributed by atoms with Crippen molar-refractivity contribution < 1.29 is 13.9 Å². The standard InChI is InChI=1S/C17H21ClN2O3/c1-12-16(10-20(2)9-15-11-21-7-8-22-15)19-17(23-12)13-3-5-14(18)6-4-13/h3-6,15H,7-11H2,1-2H3. The van der Waals surface area contributed by atoms with Crippen molar-refractivity contribution in [2.24, 2.45) is 0 Å². The predicted molar refractivity (Wildman–Crippen MR) is 88.6 cm³/mol. The van der Waals surface area contributed by atoms with E-state index in [1.165, 1.54) is 0 Å². The highest BCUT2D eigenvalue weighted by molar-refractivity contribution is 6.30. The van der Waals surface area contributed by atoms with Gasteiger partial charge < -0.3 is 13.9 Å². The summed E-state index contributed by atoms with van der Waals surface area (Å²) in [5, 5.41) is 0.701. The molecule has 6 heteroatoms. The third kappa shape index (κ3) is 4.32. The minimum atomic E-state index is 0.122. The van der Waals surface area contributed by atoms with Gasteiger partial charge in [0.1, 0.15) is 5.76 Å². The lowest BCUT2D eigenvalue weighted by Gasteiger charge is -2.27. The van der Waals surface area contributed by atoms with Gasteiger partial charge in [0.2, 0.25) is 5.89 Å². The maximum Gasteiger partial charge on any atom is 0.226 e. The Labute approximate surface area is 141 Å². The van der Waals surface area contributed by atoms with Gasteiger partial charge >= 0.3 is 0 Å². The molecule has 3 rings (SSSR count). The molecule has 1 fully saturated rings. The van der Waals surface area contributed by atoms with Crippen LogP contribution in [0.2, 0.25) is 5.02 Å². The maximum absolute atomic E-state index is 5.92. The topological polar surface area (TPSA) is 47.7 Å². The third-order valence-corrected chi connectivity index (χ3v) is 4.06. The Morgan fingerprint density at radius 2 is 2.04 bits per heavy atom. The van der Waals surface area contributed by atoms with E-state index < -0.39 is 0 Å². The highest BCUT2D eigenvalue weighted by atomic mass is 35.5. The number of likely N-dealkylation sites (N-methyl/N-ethyl adjacent to an activating group) is 1. The first kappa shape index (κ1) is 16.5. The van der Waals surface area contributed by atoms with Crippen LogP contribution in [0.3, 0.4) is 0 Å². The van der Waals surface area contributed by atoms with E-state index in [1.807, 2.05) is 38.2 Å². The molecule has 1 aromatic heterocycles.